The highest BCUT2D eigenvalue weighted by Crippen LogP contribution is 2.42. The van der Waals surface area contributed by atoms with Gasteiger partial charge in [-0.3, -0.25) is 0 Å². The number of nitrogens with zero attached hydrogens (tertiary/aromatic N) is 3. The predicted octanol–water partition coefficient (Wildman–Crippen LogP) is 7.68. The van der Waals surface area contributed by atoms with E-state index in [-0.39, 0.29) is 0 Å². The highest BCUT2D eigenvalue weighted by atomic mass is 15.1. The standard InChI is InChI=1S/C33H22N3/c1-19-9-7-11-21-24-17-25-23-13-8-12-22-20-10-3-4-14-26(20)35(32(22)23)29(25)18-30(24)36-28-16-6-5-15-27(28)34(2)33(36)31(19)21/h3-18H,1-2H3/q+1. The minimum absolute atomic E-state index is 1.24. The zero-order valence-electron chi connectivity index (χ0n) is 20.1. The van der Waals surface area contributed by atoms with Crippen LogP contribution in [0.25, 0.3) is 76.5 Å². The van der Waals surface area contributed by atoms with E-state index in [4.69, 9.17) is 0 Å². The van der Waals surface area contributed by atoms with Crippen LogP contribution >= 0.6 is 0 Å². The van der Waals surface area contributed by atoms with Crippen molar-refractivity contribution in [1.82, 2.24) is 8.80 Å². The largest absolute Gasteiger partial charge is 0.308 e. The SMILES string of the molecule is Cc1cccc2c3cc4c5cccc6c7ccccc7n(c4cc3n3c4ccccc4[n+](C)c3c12)c65. The molecule has 9 aromatic rings. The van der Waals surface area contributed by atoms with Crippen molar-refractivity contribution in [2.75, 3.05) is 0 Å². The van der Waals surface area contributed by atoms with E-state index in [1.165, 1.54) is 82.0 Å². The van der Waals surface area contributed by atoms with Crippen molar-refractivity contribution in [3.05, 3.63) is 103 Å². The van der Waals surface area contributed by atoms with Crippen LogP contribution in [-0.4, -0.2) is 8.80 Å². The molecule has 9 rings (SSSR count). The molecule has 0 atom stereocenters. The summed E-state index contributed by atoms with van der Waals surface area (Å²) in [5.74, 6) is 0. The molecule has 0 spiro atoms. The third kappa shape index (κ3) is 1.98. The van der Waals surface area contributed by atoms with Gasteiger partial charge in [0.15, 0.2) is 11.0 Å². The Bertz CT molecular complexity index is 2380. The molecular weight excluding hydrogens is 438 g/mol. The minimum atomic E-state index is 1.24. The molecule has 0 radical (unpaired) electrons. The van der Waals surface area contributed by atoms with Gasteiger partial charge >= 0.3 is 0 Å². The smallest absolute Gasteiger partial charge is 0.295 e. The first-order chi connectivity index (χ1) is 17.7. The number of benzene rings is 5. The molecule has 3 nitrogen and oxygen atoms in total. The van der Waals surface area contributed by atoms with Crippen molar-refractivity contribution in [3.63, 3.8) is 0 Å². The molecule has 0 aliphatic heterocycles. The molecule has 36 heavy (non-hydrogen) atoms. The molecule has 0 saturated carbocycles. The number of aromatic nitrogens is 3. The minimum Gasteiger partial charge on any atom is -0.308 e. The zero-order chi connectivity index (χ0) is 23.7. The fourth-order valence-electron chi connectivity index (χ4n) is 6.89. The Kier molecular flexibility index (Phi) is 3.18. The third-order valence-corrected chi connectivity index (χ3v) is 8.38. The summed E-state index contributed by atoms with van der Waals surface area (Å²) in [5.41, 5.74) is 10.1. The Hall–Kier alpha value is -4.63. The van der Waals surface area contributed by atoms with Crippen molar-refractivity contribution in [3.8, 4) is 0 Å². The average molecular weight is 461 g/mol. The lowest BCUT2D eigenvalue weighted by atomic mass is 10.00. The highest BCUT2D eigenvalue weighted by Gasteiger charge is 2.26. The second-order valence-electron chi connectivity index (χ2n) is 10.1. The Morgan fingerprint density at radius 1 is 0.528 bits per heavy atom. The molecule has 0 unspecified atom stereocenters. The van der Waals surface area contributed by atoms with E-state index in [0.29, 0.717) is 0 Å². The molecule has 0 fully saturated rings. The predicted molar refractivity (Wildman–Crippen MR) is 150 cm³/mol. The van der Waals surface area contributed by atoms with Gasteiger partial charge in [-0.1, -0.05) is 66.7 Å². The quantitative estimate of drug-likeness (QED) is 0.163. The molecule has 0 aliphatic carbocycles. The maximum Gasteiger partial charge on any atom is 0.295 e. The van der Waals surface area contributed by atoms with E-state index in [1.54, 1.807) is 0 Å². The molecule has 0 saturated heterocycles. The van der Waals surface area contributed by atoms with E-state index in [1.807, 2.05) is 0 Å². The lowest BCUT2D eigenvalue weighted by Crippen LogP contribution is -2.27. The van der Waals surface area contributed by atoms with Crippen LogP contribution in [-0.2, 0) is 7.05 Å². The number of fused-ring (bicyclic) bond motifs is 14. The Balaban J connectivity index is 1.66. The fraction of sp³-hybridized carbons (Fsp3) is 0.0606. The van der Waals surface area contributed by atoms with Gasteiger partial charge in [-0.15, -0.1) is 0 Å². The van der Waals surface area contributed by atoms with Gasteiger partial charge in [-0.25, -0.2) is 4.57 Å². The highest BCUT2D eigenvalue weighted by molar-refractivity contribution is 6.26. The first-order valence-corrected chi connectivity index (χ1v) is 12.5. The maximum absolute atomic E-state index is 2.48. The number of rotatable bonds is 0. The summed E-state index contributed by atoms with van der Waals surface area (Å²) >= 11 is 0. The van der Waals surface area contributed by atoms with Crippen LogP contribution in [0.2, 0.25) is 0 Å². The number of para-hydroxylation sites is 4. The summed E-state index contributed by atoms with van der Waals surface area (Å²) in [7, 11) is 2.20. The topological polar surface area (TPSA) is 12.7 Å². The van der Waals surface area contributed by atoms with Crippen molar-refractivity contribution in [1.29, 1.82) is 0 Å². The van der Waals surface area contributed by atoms with Gasteiger partial charge in [0.2, 0.25) is 0 Å². The van der Waals surface area contributed by atoms with Crippen molar-refractivity contribution < 1.29 is 4.57 Å². The Morgan fingerprint density at radius 2 is 1.17 bits per heavy atom. The number of hydrogen-bond donors (Lipinski definition) is 0. The van der Waals surface area contributed by atoms with Crippen LogP contribution in [0.15, 0.2) is 97.1 Å². The Labute approximate surface area is 206 Å². The first-order valence-electron chi connectivity index (χ1n) is 12.5. The average Bonchev–Trinajstić information content (AvgIpc) is 3.53. The molecule has 3 heteroatoms. The Morgan fingerprint density at radius 3 is 2.06 bits per heavy atom. The summed E-state index contributed by atoms with van der Waals surface area (Å²) in [6.07, 6.45) is 0. The van der Waals surface area contributed by atoms with Crippen LogP contribution in [0.4, 0.5) is 0 Å². The molecule has 0 aliphatic rings. The number of pyridine rings is 1. The van der Waals surface area contributed by atoms with Crippen molar-refractivity contribution in [2.45, 2.75) is 6.92 Å². The zero-order valence-corrected chi connectivity index (χ0v) is 20.1. The van der Waals surface area contributed by atoms with Gasteiger partial charge in [0, 0.05) is 38.4 Å². The summed E-state index contributed by atoms with van der Waals surface area (Å²) in [6.45, 7) is 2.23. The number of imidazole rings is 1. The normalized spacial score (nSPS) is 12.7. The van der Waals surface area contributed by atoms with Crippen LogP contribution in [0.3, 0.4) is 0 Å². The molecule has 0 amide bonds. The second kappa shape index (κ2) is 6.13. The van der Waals surface area contributed by atoms with E-state index >= 15 is 0 Å². The van der Waals surface area contributed by atoms with Crippen molar-refractivity contribution in [2.24, 2.45) is 7.05 Å². The summed E-state index contributed by atoms with van der Waals surface area (Å²) in [5, 5.41) is 9.22. The summed E-state index contributed by atoms with van der Waals surface area (Å²) in [6, 6.07) is 35.9. The van der Waals surface area contributed by atoms with Crippen LogP contribution in [0.1, 0.15) is 5.56 Å². The maximum atomic E-state index is 2.48. The van der Waals surface area contributed by atoms with Crippen molar-refractivity contribution >= 4 is 76.5 Å². The number of aryl methyl sites for hydroxylation is 2. The monoisotopic (exact) mass is 460 g/mol. The van der Waals surface area contributed by atoms with Gasteiger partial charge in [-0.05, 0) is 36.8 Å². The first kappa shape index (κ1) is 18.7. The molecule has 0 bridgehead atoms. The summed E-state index contributed by atoms with van der Waals surface area (Å²) < 4.78 is 7.31. The second-order valence-corrected chi connectivity index (χ2v) is 10.1. The van der Waals surface area contributed by atoms with Gasteiger partial charge in [0.1, 0.15) is 5.52 Å². The van der Waals surface area contributed by atoms with Crippen LogP contribution in [0.5, 0.6) is 0 Å². The van der Waals surface area contributed by atoms with Gasteiger partial charge in [0.25, 0.3) is 5.65 Å². The molecular formula is C33H22N3+. The third-order valence-electron chi connectivity index (χ3n) is 8.38. The lowest BCUT2D eigenvalue weighted by molar-refractivity contribution is -0.617. The van der Waals surface area contributed by atoms with E-state index < -0.39 is 0 Å². The molecule has 4 heterocycles. The number of hydrogen-bond acceptors (Lipinski definition) is 0. The van der Waals surface area contributed by atoms with E-state index in [9.17, 15) is 0 Å². The molecule has 168 valence electrons. The van der Waals surface area contributed by atoms with Gasteiger partial charge < -0.3 is 4.40 Å². The molecule has 0 N–H and O–H groups in total. The van der Waals surface area contributed by atoms with Gasteiger partial charge in [0.05, 0.1) is 29.0 Å². The van der Waals surface area contributed by atoms with Crippen LogP contribution < -0.4 is 4.57 Å². The van der Waals surface area contributed by atoms with E-state index in [2.05, 4.69) is 124 Å². The summed E-state index contributed by atoms with van der Waals surface area (Å²) in [4.78, 5) is 0. The molecule has 5 aromatic carbocycles. The van der Waals surface area contributed by atoms with Gasteiger partial charge in [-0.2, -0.15) is 4.40 Å². The van der Waals surface area contributed by atoms with Crippen LogP contribution in [0, 0.1) is 6.92 Å². The lowest BCUT2D eigenvalue weighted by Gasteiger charge is -2.08. The van der Waals surface area contributed by atoms with E-state index in [0.717, 1.165) is 0 Å². The molecule has 4 aromatic heterocycles. The fourth-order valence-corrected chi connectivity index (χ4v) is 6.89.